The largest absolute Gasteiger partial charge is 0.330 e. The zero-order chi connectivity index (χ0) is 10.6. The first kappa shape index (κ1) is 11.9. The smallest absolute Gasteiger partial charge is 0.170 e. The topological polar surface area (TPSA) is 51.8 Å². The Bertz CT molecular complexity index is 283. The van der Waals surface area contributed by atoms with E-state index in [4.69, 9.17) is 5.73 Å². The Morgan fingerprint density at radius 2 is 2.21 bits per heavy atom. The second-order valence-electron chi connectivity index (χ2n) is 4.07. The van der Waals surface area contributed by atoms with Crippen LogP contribution in [0.5, 0.6) is 0 Å². The minimum absolute atomic E-state index is 0.243. The summed E-state index contributed by atoms with van der Waals surface area (Å²) in [5.74, 6) is 1.94. The molecule has 0 aliphatic rings. The second-order valence-corrected chi connectivity index (χ2v) is 6.17. The Morgan fingerprint density at radius 3 is 2.71 bits per heavy atom. The predicted molar refractivity (Wildman–Crippen MR) is 62.8 cm³/mol. The van der Waals surface area contributed by atoms with E-state index in [9.17, 15) is 0 Å². The molecule has 1 aromatic rings. The summed E-state index contributed by atoms with van der Waals surface area (Å²) in [6.45, 7) is 7.05. The molecule has 0 fully saturated rings. The van der Waals surface area contributed by atoms with Gasteiger partial charge < -0.3 is 5.73 Å². The van der Waals surface area contributed by atoms with Gasteiger partial charge in [-0.15, -0.1) is 0 Å². The number of hydrogen-bond acceptors (Lipinski definition) is 5. The molecule has 1 aromatic heterocycles. The molecule has 1 heterocycles. The number of aromatic nitrogens is 2. The van der Waals surface area contributed by atoms with E-state index in [1.165, 1.54) is 11.5 Å². The lowest BCUT2D eigenvalue weighted by molar-refractivity contribution is 0.368. The molecule has 0 saturated carbocycles. The van der Waals surface area contributed by atoms with Gasteiger partial charge in [0.15, 0.2) is 4.34 Å². The number of hydrogen-bond donors (Lipinski definition) is 1. The van der Waals surface area contributed by atoms with Crippen molar-refractivity contribution in [3.63, 3.8) is 0 Å². The Hall–Kier alpha value is -0.130. The van der Waals surface area contributed by atoms with Crippen molar-refractivity contribution in [3.8, 4) is 0 Å². The van der Waals surface area contributed by atoms with Crippen LogP contribution in [-0.4, -0.2) is 21.7 Å². The minimum Gasteiger partial charge on any atom is -0.330 e. The molecular weight excluding hydrogens is 214 g/mol. The Labute approximate surface area is 93.7 Å². The van der Waals surface area contributed by atoms with E-state index in [1.807, 2.05) is 6.92 Å². The quantitative estimate of drug-likeness (QED) is 0.790. The first-order valence-corrected chi connectivity index (χ1v) is 6.42. The number of nitrogens with two attached hydrogens (primary N) is 1. The van der Waals surface area contributed by atoms with E-state index >= 15 is 0 Å². The van der Waals surface area contributed by atoms with Crippen LogP contribution in [0.25, 0.3) is 0 Å². The molecule has 0 atom stereocenters. The van der Waals surface area contributed by atoms with Crippen molar-refractivity contribution in [3.05, 3.63) is 5.82 Å². The highest BCUT2D eigenvalue weighted by molar-refractivity contribution is 8.00. The molecule has 5 heteroatoms. The van der Waals surface area contributed by atoms with Gasteiger partial charge in [-0.1, -0.05) is 25.6 Å². The van der Waals surface area contributed by atoms with Crippen LogP contribution in [-0.2, 0) is 0 Å². The number of rotatable bonds is 5. The predicted octanol–water partition coefficient (Wildman–Crippen LogP) is 2.31. The van der Waals surface area contributed by atoms with Gasteiger partial charge in [-0.2, -0.15) is 4.37 Å². The van der Waals surface area contributed by atoms with Crippen LogP contribution < -0.4 is 5.73 Å². The molecule has 14 heavy (non-hydrogen) atoms. The normalized spacial score (nSPS) is 12.0. The first-order chi connectivity index (χ1) is 6.53. The highest BCUT2D eigenvalue weighted by Gasteiger charge is 2.15. The molecule has 3 nitrogen and oxygen atoms in total. The lowest BCUT2D eigenvalue weighted by Gasteiger charge is -2.21. The fourth-order valence-corrected chi connectivity index (χ4v) is 2.88. The van der Waals surface area contributed by atoms with E-state index in [2.05, 4.69) is 23.2 Å². The van der Waals surface area contributed by atoms with Gasteiger partial charge in [-0.05, 0) is 36.8 Å². The van der Waals surface area contributed by atoms with Crippen LogP contribution in [0, 0.1) is 12.3 Å². The molecule has 1 rings (SSSR count). The zero-order valence-corrected chi connectivity index (χ0v) is 10.5. The van der Waals surface area contributed by atoms with E-state index in [1.54, 1.807) is 11.8 Å². The maximum Gasteiger partial charge on any atom is 0.170 e. The summed E-state index contributed by atoms with van der Waals surface area (Å²) in [5.41, 5.74) is 5.90. The molecule has 0 radical (unpaired) electrons. The van der Waals surface area contributed by atoms with Crippen molar-refractivity contribution in [1.29, 1.82) is 0 Å². The molecule has 80 valence electrons. The third kappa shape index (κ3) is 3.94. The van der Waals surface area contributed by atoms with Crippen molar-refractivity contribution >= 4 is 23.3 Å². The summed E-state index contributed by atoms with van der Waals surface area (Å²) in [6, 6.07) is 0. The highest BCUT2D eigenvalue weighted by Crippen LogP contribution is 2.26. The Kier molecular flexibility index (Phi) is 4.34. The zero-order valence-electron chi connectivity index (χ0n) is 8.91. The lowest BCUT2D eigenvalue weighted by atomic mass is 9.91. The van der Waals surface area contributed by atoms with Crippen LogP contribution in [0.2, 0.25) is 0 Å². The van der Waals surface area contributed by atoms with Gasteiger partial charge in [-0.25, -0.2) is 4.98 Å². The lowest BCUT2D eigenvalue weighted by Crippen LogP contribution is -2.23. The molecule has 0 spiro atoms. The summed E-state index contributed by atoms with van der Waals surface area (Å²) in [4.78, 5) is 4.30. The minimum atomic E-state index is 0.243. The fraction of sp³-hybridized carbons (Fsp3) is 0.778. The van der Waals surface area contributed by atoms with Crippen molar-refractivity contribution in [1.82, 2.24) is 9.36 Å². The molecule has 0 unspecified atom stereocenters. The van der Waals surface area contributed by atoms with Gasteiger partial charge in [0.25, 0.3) is 0 Å². The van der Waals surface area contributed by atoms with Gasteiger partial charge in [-0.3, -0.25) is 0 Å². The summed E-state index contributed by atoms with van der Waals surface area (Å²) < 4.78 is 5.20. The van der Waals surface area contributed by atoms with Gasteiger partial charge in [0.05, 0.1) is 0 Å². The SMILES string of the molecule is Cc1nsc(SCCC(C)(C)CN)n1. The molecular formula is C9H17N3S2. The van der Waals surface area contributed by atoms with E-state index in [0.717, 1.165) is 28.9 Å². The molecule has 0 aromatic carbocycles. The molecule has 0 bridgehead atoms. The Balaban J connectivity index is 2.28. The number of aryl methyl sites for hydroxylation is 1. The van der Waals surface area contributed by atoms with Crippen LogP contribution in [0.1, 0.15) is 26.1 Å². The van der Waals surface area contributed by atoms with Gasteiger partial charge in [0, 0.05) is 5.75 Å². The van der Waals surface area contributed by atoms with Crippen molar-refractivity contribution in [2.24, 2.45) is 11.1 Å². The van der Waals surface area contributed by atoms with Gasteiger partial charge >= 0.3 is 0 Å². The maximum absolute atomic E-state index is 5.66. The number of nitrogens with zero attached hydrogens (tertiary/aromatic N) is 2. The van der Waals surface area contributed by atoms with E-state index < -0.39 is 0 Å². The van der Waals surface area contributed by atoms with Crippen LogP contribution >= 0.6 is 23.3 Å². The van der Waals surface area contributed by atoms with Crippen molar-refractivity contribution < 1.29 is 0 Å². The molecule has 0 amide bonds. The van der Waals surface area contributed by atoms with Crippen LogP contribution in [0.3, 0.4) is 0 Å². The summed E-state index contributed by atoms with van der Waals surface area (Å²) in [7, 11) is 0. The van der Waals surface area contributed by atoms with Crippen molar-refractivity contribution in [2.45, 2.75) is 31.5 Å². The molecule has 0 aliphatic heterocycles. The molecule has 0 aliphatic carbocycles. The van der Waals surface area contributed by atoms with Crippen molar-refractivity contribution in [2.75, 3.05) is 12.3 Å². The summed E-state index contributed by atoms with van der Waals surface area (Å²) in [6.07, 6.45) is 1.12. The van der Waals surface area contributed by atoms with Gasteiger partial charge in [0.2, 0.25) is 0 Å². The van der Waals surface area contributed by atoms with E-state index in [0.29, 0.717) is 0 Å². The summed E-state index contributed by atoms with van der Waals surface area (Å²) in [5, 5.41) is 0. The number of thioether (sulfide) groups is 1. The fourth-order valence-electron chi connectivity index (χ4n) is 0.853. The van der Waals surface area contributed by atoms with Crippen LogP contribution in [0.4, 0.5) is 0 Å². The first-order valence-electron chi connectivity index (χ1n) is 4.67. The maximum atomic E-state index is 5.66. The molecule has 0 saturated heterocycles. The third-order valence-electron chi connectivity index (χ3n) is 2.07. The highest BCUT2D eigenvalue weighted by atomic mass is 32.2. The monoisotopic (exact) mass is 231 g/mol. The third-order valence-corrected chi connectivity index (χ3v) is 3.99. The Morgan fingerprint density at radius 1 is 1.50 bits per heavy atom. The summed E-state index contributed by atoms with van der Waals surface area (Å²) >= 11 is 3.25. The molecule has 2 N–H and O–H groups in total. The second kappa shape index (κ2) is 5.09. The van der Waals surface area contributed by atoms with E-state index in [-0.39, 0.29) is 5.41 Å². The van der Waals surface area contributed by atoms with Crippen LogP contribution in [0.15, 0.2) is 4.34 Å². The van der Waals surface area contributed by atoms with Gasteiger partial charge in [0.1, 0.15) is 5.82 Å². The standard InChI is InChI=1S/C9H17N3S2/c1-7-11-8(14-12-7)13-5-4-9(2,3)6-10/h4-6,10H2,1-3H3. The average molecular weight is 231 g/mol. The average Bonchev–Trinajstić information content (AvgIpc) is 2.51.